The van der Waals surface area contributed by atoms with Crippen LogP contribution in [-0.2, 0) is 6.61 Å². The van der Waals surface area contributed by atoms with Gasteiger partial charge in [-0.1, -0.05) is 0 Å². The standard InChI is InChI=1S/C8H8F3NO2/c1-14-8-4(3-13)2-5(9)6(12-8)7(10)11/h2,7,13H,3H2,1H3. The molecule has 1 N–H and O–H groups in total. The highest BCUT2D eigenvalue weighted by atomic mass is 19.3. The van der Waals surface area contributed by atoms with Crippen LogP contribution in [-0.4, -0.2) is 17.2 Å². The van der Waals surface area contributed by atoms with Crippen LogP contribution in [0.5, 0.6) is 5.88 Å². The smallest absolute Gasteiger partial charge is 0.283 e. The van der Waals surface area contributed by atoms with Gasteiger partial charge in [0.05, 0.1) is 13.7 Å². The quantitative estimate of drug-likeness (QED) is 0.819. The first-order valence-corrected chi connectivity index (χ1v) is 3.72. The molecule has 6 heteroatoms. The van der Waals surface area contributed by atoms with E-state index in [0.29, 0.717) is 0 Å². The average molecular weight is 207 g/mol. The first-order valence-electron chi connectivity index (χ1n) is 3.72. The fraction of sp³-hybridized carbons (Fsp3) is 0.375. The van der Waals surface area contributed by atoms with Crippen molar-refractivity contribution in [1.82, 2.24) is 4.98 Å². The molecule has 0 aliphatic heterocycles. The van der Waals surface area contributed by atoms with E-state index in [0.717, 1.165) is 6.07 Å². The Morgan fingerprint density at radius 1 is 1.57 bits per heavy atom. The summed E-state index contributed by atoms with van der Waals surface area (Å²) in [6, 6.07) is 0.785. The summed E-state index contributed by atoms with van der Waals surface area (Å²) in [5, 5.41) is 8.73. The Morgan fingerprint density at radius 3 is 2.64 bits per heavy atom. The normalized spacial score (nSPS) is 10.7. The summed E-state index contributed by atoms with van der Waals surface area (Å²) in [5.74, 6) is -1.34. The maximum atomic E-state index is 12.9. The van der Waals surface area contributed by atoms with E-state index in [1.54, 1.807) is 0 Å². The lowest BCUT2D eigenvalue weighted by atomic mass is 10.2. The van der Waals surface area contributed by atoms with E-state index in [4.69, 9.17) is 5.11 Å². The molecule has 0 aliphatic rings. The van der Waals surface area contributed by atoms with Gasteiger partial charge in [0.2, 0.25) is 5.88 Å². The van der Waals surface area contributed by atoms with Crippen LogP contribution in [0, 0.1) is 5.82 Å². The van der Waals surface area contributed by atoms with Gasteiger partial charge in [-0.2, -0.15) is 0 Å². The minimum absolute atomic E-state index is 0.0365. The summed E-state index contributed by atoms with van der Waals surface area (Å²) in [5.41, 5.74) is -0.937. The van der Waals surface area contributed by atoms with Crippen molar-refractivity contribution in [3.05, 3.63) is 23.1 Å². The van der Waals surface area contributed by atoms with Gasteiger partial charge in [-0.25, -0.2) is 18.2 Å². The van der Waals surface area contributed by atoms with E-state index in [1.807, 2.05) is 0 Å². The number of ether oxygens (including phenoxy) is 1. The number of nitrogens with zero attached hydrogens (tertiary/aromatic N) is 1. The molecule has 0 unspecified atom stereocenters. The van der Waals surface area contributed by atoms with E-state index >= 15 is 0 Å². The minimum Gasteiger partial charge on any atom is -0.481 e. The Morgan fingerprint density at radius 2 is 2.21 bits per heavy atom. The molecule has 0 atom stereocenters. The number of rotatable bonds is 3. The van der Waals surface area contributed by atoms with Crippen LogP contribution in [0.4, 0.5) is 13.2 Å². The molecule has 3 nitrogen and oxygen atoms in total. The Labute approximate surface area is 78.2 Å². The number of aliphatic hydroxyl groups excluding tert-OH is 1. The molecule has 1 rings (SSSR count). The van der Waals surface area contributed by atoms with Gasteiger partial charge in [0.25, 0.3) is 6.43 Å². The summed E-state index contributed by atoms with van der Waals surface area (Å²) < 4.78 is 41.8. The zero-order valence-electron chi connectivity index (χ0n) is 7.30. The molecule has 0 radical (unpaired) electrons. The Balaban J connectivity index is 3.23. The van der Waals surface area contributed by atoms with E-state index in [2.05, 4.69) is 9.72 Å². The predicted molar refractivity (Wildman–Crippen MR) is 41.6 cm³/mol. The van der Waals surface area contributed by atoms with Gasteiger partial charge in [0.1, 0.15) is 5.69 Å². The highest BCUT2D eigenvalue weighted by molar-refractivity contribution is 5.29. The molecule has 1 aromatic heterocycles. The molecule has 1 aromatic rings. The van der Waals surface area contributed by atoms with Gasteiger partial charge in [-0.15, -0.1) is 0 Å². The van der Waals surface area contributed by atoms with Crippen LogP contribution in [0.15, 0.2) is 6.07 Å². The second-order valence-electron chi connectivity index (χ2n) is 2.48. The Hall–Kier alpha value is -1.30. The van der Waals surface area contributed by atoms with Crippen molar-refractivity contribution in [1.29, 1.82) is 0 Å². The molecule has 0 bridgehead atoms. The minimum atomic E-state index is -3.00. The number of aromatic nitrogens is 1. The van der Waals surface area contributed by atoms with Crippen molar-refractivity contribution in [2.75, 3.05) is 7.11 Å². The van der Waals surface area contributed by atoms with Gasteiger partial charge in [-0.05, 0) is 6.07 Å². The van der Waals surface area contributed by atoms with E-state index in [-0.39, 0.29) is 11.4 Å². The monoisotopic (exact) mass is 207 g/mol. The number of aliphatic hydroxyl groups is 1. The molecule has 78 valence electrons. The SMILES string of the molecule is COc1nc(C(F)F)c(F)cc1CO. The van der Waals surface area contributed by atoms with Crippen LogP contribution >= 0.6 is 0 Å². The second-order valence-corrected chi connectivity index (χ2v) is 2.48. The van der Waals surface area contributed by atoms with E-state index in [1.165, 1.54) is 7.11 Å². The van der Waals surface area contributed by atoms with Gasteiger partial charge in [-0.3, -0.25) is 0 Å². The van der Waals surface area contributed by atoms with Crippen molar-refractivity contribution in [2.45, 2.75) is 13.0 Å². The molecule has 0 aliphatic carbocycles. The molecular weight excluding hydrogens is 199 g/mol. The fourth-order valence-corrected chi connectivity index (χ4v) is 0.966. The lowest BCUT2D eigenvalue weighted by Gasteiger charge is -2.08. The summed E-state index contributed by atoms with van der Waals surface area (Å²) in [7, 11) is 1.20. The molecule has 1 heterocycles. The third-order valence-electron chi connectivity index (χ3n) is 1.61. The number of methoxy groups -OCH3 is 1. The molecule has 0 aromatic carbocycles. The zero-order valence-corrected chi connectivity index (χ0v) is 7.30. The zero-order chi connectivity index (χ0) is 10.7. The molecule has 0 saturated carbocycles. The molecule has 14 heavy (non-hydrogen) atoms. The number of hydrogen-bond acceptors (Lipinski definition) is 3. The summed E-state index contributed by atoms with van der Waals surface area (Å²) in [6.07, 6.45) is -3.00. The summed E-state index contributed by atoms with van der Waals surface area (Å²) >= 11 is 0. The topological polar surface area (TPSA) is 42.4 Å². The van der Waals surface area contributed by atoms with E-state index < -0.39 is 24.5 Å². The molecule has 0 saturated heterocycles. The first kappa shape index (κ1) is 10.8. The van der Waals surface area contributed by atoms with E-state index in [9.17, 15) is 13.2 Å². The molecular formula is C8H8F3NO2. The van der Waals surface area contributed by atoms with Gasteiger partial charge >= 0.3 is 0 Å². The third kappa shape index (κ3) is 1.95. The molecule has 0 fully saturated rings. The second kappa shape index (κ2) is 4.28. The van der Waals surface area contributed by atoms with Crippen molar-refractivity contribution >= 4 is 0 Å². The number of hydrogen-bond donors (Lipinski definition) is 1. The van der Waals surface area contributed by atoms with Gasteiger partial charge in [0.15, 0.2) is 5.82 Å². The molecule has 0 spiro atoms. The van der Waals surface area contributed by atoms with Crippen LogP contribution < -0.4 is 4.74 Å². The maximum Gasteiger partial charge on any atom is 0.283 e. The van der Waals surface area contributed by atoms with Crippen molar-refractivity contribution in [3.63, 3.8) is 0 Å². The fourth-order valence-electron chi connectivity index (χ4n) is 0.966. The van der Waals surface area contributed by atoms with Crippen molar-refractivity contribution in [3.8, 4) is 5.88 Å². The van der Waals surface area contributed by atoms with Crippen LogP contribution in [0.2, 0.25) is 0 Å². The number of pyridine rings is 1. The Bertz CT molecular complexity index is 331. The predicted octanol–water partition coefficient (Wildman–Crippen LogP) is 1.66. The first-order chi connectivity index (χ1) is 6.60. The Kier molecular flexibility index (Phi) is 3.29. The third-order valence-corrected chi connectivity index (χ3v) is 1.61. The number of alkyl halides is 2. The summed E-state index contributed by atoms with van der Waals surface area (Å²) in [6.45, 7) is -0.517. The largest absolute Gasteiger partial charge is 0.481 e. The van der Waals surface area contributed by atoms with Crippen molar-refractivity contribution in [2.24, 2.45) is 0 Å². The summed E-state index contributed by atoms with van der Waals surface area (Å²) in [4.78, 5) is 3.25. The lowest BCUT2D eigenvalue weighted by molar-refractivity contribution is 0.139. The average Bonchev–Trinajstić information content (AvgIpc) is 2.16. The number of halogens is 3. The van der Waals surface area contributed by atoms with Gasteiger partial charge in [0, 0.05) is 5.56 Å². The van der Waals surface area contributed by atoms with Crippen molar-refractivity contribution < 1.29 is 23.0 Å². The van der Waals surface area contributed by atoms with Crippen LogP contribution in [0.3, 0.4) is 0 Å². The lowest BCUT2D eigenvalue weighted by Crippen LogP contribution is -2.02. The van der Waals surface area contributed by atoms with Crippen LogP contribution in [0.1, 0.15) is 17.7 Å². The van der Waals surface area contributed by atoms with Crippen LogP contribution in [0.25, 0.3) is 0 Å². The highest BCUT2D eigenvalue weighted by Gasteiger charge is 2.18. The van der Waals surface area contributed by atoms with Gasteiger partial charge < -0.3 is 9.84 Å². The highest BCUT2D eigenvalue weighted by Crippen LogP contribution is 2.25. The molecule has 0 amide bonds. The maximum absolute atomic E-state index is 12.9.